The highest BCUT2D eigenvalue weighted by Crippen LogP contribution is 2.08. The maximum atomic E-state index is 11.3. The van der Waals surface area contributed by atoms with Gasteiger partial charge in [-0.25, -0.2) is 4.99 Å². The Morgan fingerprint density at radius 2 is 2.07 bits per heavy atom. The van der Waals surface area contributed by atoms with E-state index in [4.69, 9.17) is 10.5 Å². The van der Waals surface area contributed by atoms with Crippen LogP contribution in [0.4, 0.5) is 0 Å². The van der Waals surface area contributed by atoms with E-state index in [1.165, 1.54) is 0 Å². The Bertz CT molecular complexity index is 648. The van der Waals surface area contributed by atoms with Crippen LogP contribution in [0.15, 0.2) is 29.3 Å². The minimum atomic E-state index is -0.889. The molecule has 1 saturated heterocycles. The van der Waals surface area contributed by atoms with E-state index in [1.54, 1.807) is 18.2 Å². The molecule has 1 amide bonds. The standard InChI is InChI=1S/C19H31N5O3.HI/c1-3-21-18(22-12-15-5-4-6-16(11-15)17(20)25)23-13-19(2,26)14-24-7-9-27-10-8-24;/h4-6,11,26H,3,7-10,12-14H2,1-2H3,(H2,20,25)(H2,21,22,23);1H. The number of carbonyl (C=O) groups excluding carboxylic acids is 1. The Balaban J connectivity index is 0.00000392. The van der Waals surface area contributed by atoms with Crippen LogP contribution in [0.3, 0.4) is 0 Å². The third kappa shape index (κ3) is 8.72. The number of β-amino-alcohol motifs (C(OH)–C–C–N with tert-alkyl or cyclic N) is 1. The van der Waals surface area contributed by atoms with E-state index in [2.05, 4.69) is 20.5 Å². The first kappa shape index (κ1) is 24.6. The molecule has 9 heteroatoms. The second-order valence-corrected chi connectivity index (χ2v) is 7.00. The van der Waals surface area contributed by atoms with Gasteiger partial charge in [0.25, 0.3) is 0 Å². The van der Waals surface area contributed by atoms with Crippen LogP contribution in [0.1, 0.15) is 29.8 Å². The van der Waals surface area contributed by atoms with Gasteiger partial charge in [-0.1, -0.05) is 12.1 Å². The number of halogens is 1. The molecular weight excluding hydrogens is 473 g/mol. The quantitative estimate of drug-likeness (QED) is 0.233. The van der Waals surface area contributed by atoms with Crippen molar-refractivity contribution in [3.05, 3.63) is 35.4 Å². The van der Waals surface area contributed by atoms with Crippen molar-refractivity contribution >= 4 is 35.8 Å². The van der Waals surface area contributed by atoms with Crippen molar-refractivity contribution in [2.75, 3.05) is 45.9 Å². The normalized spacial score (nSPS) is 17.3. The average Bonchev–Trinajstić information content (AvgIpc) is 2.64. The third-order valence-electron chi connectivity index (χ3n) is 4.28. The second-order valence-electron chi connectivity index (χ2n) is 7.00. The van der Waals surface area contributed by atoms with E-state index in [9.17, 15) is 9.90 Å². The van der Waals surface area contributed by atoms with Crippen LogP contribution < -0.4 is 16.4 Å². The summed E-state index contributed by atoms with van der Waals surface area (Å²) in [4.78, 5) is 18.0. The fourth-order valence-corrected chi connectivity index (χ4v) is 2.91. The number of aliphatic imine (C=N–C) groups is 1. The number of nitrogens with one attached hydrogen (secondary N) is 2. The maximum absolute atomic E-state index is 11.3. The van der Waals surface area contributed by atoms with Crippen LogP contribution in [0.5, 0.6) is 0 Å². The summed E-state index contributed by atoms with van der Waals surface area (Å²) >= 11 is 0. The molecule has 1 aromatic carbocycles. The number of aliphatic hydroxyl groups is 1. The molecule has 1 unspecified atom stereocenters. The molecule has 1 heterocycles. The van der Waals surface area contributed by atoms with E-state index >= 15 is 0 Å². The topological polar surface area (TPSA) is 112 Å². The Labute approximate surface area is 183 Å². The lowest BCUT2D eigenvalue weighted by Gasteiger charge is -2.34. The van der Waals surface area contributed by atoms with Gasteiger partial charge in [0.15, 0.2) is 5.96 Å². The van der Waals surface area contributed by atoms with Crippen molar-refractivity contribution in [1.29, 1.82) is 0 Å². The zero-order valence-electron chi connectivity index (χ0n) is 16.6. The van der Waals surface area contributed by atoms with E-state index in [0.717, 1.165) is 18.7 Å². The van der Waals surface area contributed by atoms with Gasteiger partial charge in [-0.15, -0.1) is 24.0 Å². The minimum Gasteiger partial charge on any atom is -0.387 e. The average molecular weight is 505 g/mol. The van der Waals surface area contributed by atoms with E-state index in [-0.39, 0.29) is 24.0 Å². The zero-order valence-corrected chi connectivity index (χ0v) is 18.9. The van der Waals surface area contributed by atoms with E-state index in [0.29, 0.717) is 50.9 Å². The highest BCUT2D eigenvalue weighted by atomic mass is 127. The predicted octanol–water partition coefficient (Wildman–Crippen LogP) is 0.542. The van der Waals surface area contributed by atoms with Gasteiger partial charge in [-0.2, -0.15) is 0 Å². The highest BCUT2D eigenvalue weighted by Gasteiger charge is 2.25. The number of morpholine rings is 1. The summed E-state index contributed by atoms with van der Waals surface area (Å²) < 4.78 is 5.34. The summed E-state index contributed by atoms with van der Waals surface area (Å²) in [6.07, 6.45) is 0. The van der Waals surface area contributed by atoms with Crippen molar-refractivity contribution in [2.24, 2.45) is 10.7 Å². The largest absolute Gasteiger partial charge is 0.387 e. The third-order valence-corrected chi connectivity index (χ3v) is 4.28. The van der Waals surface area contributed by atoms with Crippen molar-refractivity contribution in [2.45, 2.75) is 26.0 Å². The molecule has 8 nitrogen and oxygen atoms in total. The molecule has 5 N–H and O–H groups in total. The van der Waals surface area contributed by atoms with Crippen LogP contribution in [0.25, 0.3) is 0 Å². The molecule has 0 aliphatic carbocycles. The summed E-state index contributed by atoms with van der Waals surface area (Å²) in [7, 11) is 0. The minimum absolute atomic E-state index is 0. The molecule has 1 fully saturated rings. The van der Waals surface area contributed by atoms with E-state index in [1.807, 2.05) is 19.9 Å². The van der Waals surface area contributed by atoms with Gasteiger partial charge in [0.05, 0.1) is 25.4 Å². The molecule has 28 heavy (non-hydrogen) atoms. The van der Waals surface area contributed by atoms with Gasteiger partial charge >= 0.3 is 0 Å². The number of nitrogens with zero attached hydrogens (tertiary/aromatic N) is 2. The Hall–Kier alpha value is -1.43. The molecule has 0 radical (unpaired) electrons. The second kappa shape index (κ2) is 12.2. The predicted molar refractivity (Wildman–Crippen MR) is 121 cm³/mol. The van der Waals surface area contributed by atoms with Crippen molar-refractivity contribution in [3.8, 4) is 0 Å². The summed E-state index contributed by atoms with van der Waals surface area (Å²) in [5.74, 6) is 0.161. The summed E-state index contributed by atoms with van der Waals surface area (Å²) in [5.41, 5.74) is 5.79. The molecule has 1 aromatic rings. The molecule has 0 spiro atoms. The van der Waals surface area contributed by atoms with Crippen molar-refractivity contribution in [1.82, 2.24) is 15.5 Å². The summed E-state index contributed by atoms with van der Waals surface area (Å²) in [5, 5.41) is 17.1. The number of hydrogen-bond acceptors (Lipinski definition) is 5. The van der Waals surface area contributed by atoms with Crippen LogP contribution in [0, 0.1) is 0 Å². The molecule has 0 aromatic heterocycles. The number of primary amides is 1. The smallest absolute Gasteiger partial charge is 0.248 e. The molecule has 158 valence electrons. The highest BCUT2D eigenvalue weighted by molar-refractivity contribution is 14.0. The lowest BCUT2D eigenvalue weighted by Crippen LogP contribution is -2.52. The van der Waals surface area contributed by atoms with Crippen molar-refractivity contribution in [3.63, 3.8) is 0 Å². The number of ether oxygens (including phenoxy) is 1. The van der Waals surface area contributed by atoms with Gasteiger partial charge in [0, 0.05) is 38.3 Å². The number of benzene rings is 1. The number of hydrogen-bond donors (Lipinski definition) is 4. The van der Waals surface area contributed by atoms with Gasteiger partial charge in [0.1, 0.15) is 0 Å². The van der Waals surface area contributed by atoms with Crippen molar-refractivity contribution < 1.29 is 14.6 Å². The number of nitrogens with two attached hydrogens (primary N) is 1. The Morgan fingerprint density at radius 3 is 2.71 bits per heavy atom. The monoisotopic (exact) mass is 505 g/mol. The molecule has 1 aliphatic rings. The van der Waals surface area contributed by atoms with Gasteiger partial charge < -0.3 is 26.2 Å². The first-order chi connectivity index (χ1) is 12.9. The lowest BCUT2D eigenvalue weighted by molar-refractivity contribution is -0.0201. The number of amides is 1. The Morgan fingerprint density at radius 1 is 1.36 bits per heavy atom. The SMILES string of the molecule is CCNC(=NCc1cccc(C(N)=O)c1)NCC(C)(O)CN1CCOCC1.I. The van der Waals surface area contributed by atoms with E-state index < -0.39 is 11.5 Å². The van der Waals surface area contributed by atoms with Gasteiger partial charge in [-0.05, 0) is 31.5 Å². The molecule has 0 saturated carbocycles. The fraction of sp³-hybridized carbons (Fsp3) is 0.579. The summed E-state index contributed by atoms with van der Waals surface area (Å²) in [6, 6.07) is 7.11. The maximum Gasteiger partial charge on any atom is 0.248 e. The number of carbonyl (C=O) groups is 1. The molecule has 1 aliphatic heterocycles. The molecule has 1 atom stereocenters. The first-order valence-corrected chi connectivity index (χ1v) is 9.33. The lowest BCUT2D eigenvalue weighted by atomic mass is 10.1. The molecule has 0 bridgehead atoms. The number of guanidine groups is 1. The summed E-state index contributed by atoms with van der Waals surface area (Å²) in [6.45, 7) is 8.94. The number of rotatable bonds is 8. The first-order valence-electron chi connectivity index (χ1n) is 9.33. The van der Waals surface area contributed by atoms with Gasteiger partial charge in [-0.3, -0.25) is 9.69 Å². The van der Waals surface area contributed by atoms with Crippen LogP contribution in [-0.4, -0.2) is 73.4 Å². The van der Waals surface area contributed by atoms with Crippen LogP contribution >= 0.6 is 24.0 Å². The fourth-order valence-electron chi connectivity index (χ4n) is 2.91. The van der Waals surface area contributed by atoms with Crippen LogP contribution in [0.2, 0.25) is 0 Å². The molecule has 2 rings (SSSR count). The van der Waals surface area contributed by atoms with Crippen LogP contribution in [-0.2, 0) is 11.3 Å². The zero-order chi connectivity index (χ0) is 19.7. The molecular formula is C19H32IN5O3. The Kier molecular flexibility index (Phi) is 10.7. The van der Waals surface area contributed by atoms with Gasteiger partial charge in [0.2, 0.25) is 5.91 Å².